The number of nitrogens with zero attached hydrogens (tertiary/aromatic N) is 2. The number of carbonyl (C=O) groups excluding carboxylic acids is 2. The number of anilines is 1. The van der Waals surface area contributed by atoms with Crippen LogP contribution in [0, 0.1) is 13.8 Å². The molecule has 0 bridgehead atoms. The maximum absolute atomic E-state index is 12.0. The number of amides is 2. The molecule has 0 aliphatic carbocycles. The molecule has 0 fully saturated rings. The monoisotopic (exact) mass is 380 g/mol. The SMILES string of the molecule is Cc1nn(C)c(C)c1NC(=O)CNC(=O)/C=C/c1ccc(Cl)cc1Cl. The average Bonchev–Trinajstić information content (AvgIpc) is 2.78. The van der Waals surface area contributed by atoms with Gasteiger partial charge in [-0.2, -0.15) is 5.10 Å². The number of nitrogens with one attached hydrogen (secondary N) is 2. The van der Waals surface area contributed by atoms with Gasteiger partial charge in [0.25, 0.3) is 0 Å². The lowest BCUT2D eigenvalue weighted by atomic mass is 10.2. The van der Waals surface area contributed by atoms with E-state index in [1.54, 1.807) is 42.9 Å². The Kier molecular flexibility index (Phi) is 6.22. The summed E-state index contributed by atoms with van der Waals surface area (Å²) >= 11 is 11.8. The first-order valence-electron chi connectivity index (χ1n) is 7.49. The van der Waals surface area contributed by atoms with Crippen molar-refractivity contribution in [3.05, 3.63) is 51.3 Å². The summed E-state index contributed by atoms with van der Waals surface area (Å²) < 4.78 is 1.68. The summed E-state index contributed by atoms with van der Waals surface area (Å²) in [5, 5.41) is 10.4. The third-order valence-electron chi connectivity index (χ3n) is 3.57. The lowest BCUT2D eigenvalue weighted by molar-refractivity contribution is -0.121. The minimum Gasteiger partial charge on any atom is -0.343 e. The molecule has 2 N–H and O–H groups in total. The summed E-state index contributed by atoms with van der Waals surface area (Å²) in [6, 6.07) is 4.97. The smallest absolute Gasteiger partial charge is 0.244 e. The van der Waals surface area contributed by atoms with E-state index in [0.29, 0.717) is 21.3 Å². The van der Waals surface area contributed by atoms with E-state index in [-0.39, 0.29) is 12.5 Å². The predicted molar refractivity (Wildman–Crippen MR) is 99.8 cm³/mol. The van der Waals surface area contributed by atoms with Gasteiger partial charge in [-0.15, -0.1) is 0 Å². The summed E-state index contributed by atoms with van der Waals surface area (Å²) in [5.74, 6) is -0.730. The second kappa shape index (κ2) is 8.18. The summed E-state index contributed by atoms with van der Waals surface area (Å²) in [6.07, 6.45) is 2.87. The summed E-state index contributed by atoms with van der Waals surface area (Å²) in [7, 11) is 1.80. The highest BCUT2D eigenvalue weighted by molar-refractivity contribution is 6.35. The van der Waals surface area contributed by atoms with Crippen LogP contribution in [-0.4, -0.2) is 28.1 Å². The van der Waals surface area contributed by atoms with Gasteiger partial charge < -0.3 is 10.6 Å². The number of aromatic nitrogens is 2. The van der Waals surface area contributed by atoms with Gasteiger partial charge in [-0.1, -0.05) is 29.3 Å². The Bertz CT molecular complexity index is 843. The molecule has 6 nitrogen and oxygen atoms in total. The molecule has 8 heteroatoms. The van der Waals surface area contributed by atoms with Crippen molar-refractivity contribution in [3.8, 4) is 0 Å². The van der Waals surface area contributed by atoms with Gasteiger partial charge in [-0.25, -0.2) is 0 Å². The molecule has 0 spiro atoms. The molecule has 0 unspecified atom stereocenters. The number of rotatable bonds is 5. The highest BCUT2D eigenvalue weighted by Crippen LogP contribution is 2.22. The van der Waals surface area contributed by atoms with Crippen molar-refractivity contribution in [3.63, 3.8) is 0 Å². The van der Waals surface area contributed by atoms with Crippen molar-refractivity contribution < 1.29 is 9.59 Å². The van der Waals surface area contributed by atoms with Crippen LogP contribution >= 0.6 is 23.2 Å². The van der Waals surface area contributed by atoms with E-state index in [2.05, 4.69) is 15.7 Å². The fourth-order valence-corrected chi connectivity index (χ4v) is 2.64. The van der Waals surface area contributed by atoms with Gasteiger partial charge >= 0.3 is 0 Å². The summed E-state index contributed by atoms with van der Waals surface area (Å²) in [6.45, 7) is 3.51. The van der Waals surface area contributed by atoms with Crippen molar-refractivity contribution in [2.45, 2.75) is 13.8 Å². The molecule has 0 atom stereocenters. The number of benzene rings is 1. The van der Waals surface area contributed by atoms with E-state index in [9.17, 15) is 9.59 Å². The molecule has 132 valence electrons. The lowest BCUT2D eigenvalue weighted by Crippen LogP contribution is -2.31. The number of aryl methyl sites for hydroxylation is 2. The molecule has 0 saturated heterocycles. The Labute approximate surface area is 155 Å². The highest BCUT2D eigenvalue weighted by atomic mass is 35.5. The van der Waals surface area contributed by atoms with Crippen LogP contribution < -0.4 is 10.6 Å². The third-order valence-corrected chi connectivity index (χ3v) is 4.14. The van der Waals surface area contributed by atoms with Gasteiger partial charge in [0.15, 0.2) is 0 Å². The zero-order valence-electron chi connectivity index (χ0n) is 14.1. The van der Waals surface area contributed by atoms with Crippen LogP contribution in [0.3, 0.4) is 0 Å². The number of carbonyl (C=O) groups is 2. The number of hydrogen-bond acceptors (Lipinski definition) is 3. The summed E-state index contributed by atoms with van der Waals surface area (Å²) in [4.78, 5) is 23.8. The highest BCUT2D eigenvalue weighted by Gasteiger charge is 2.12. The average molecular weight is 381 g/mol. The molecular weight excluding hydrogens is 363 g/mol. The van der Waals surface area contributed by atoms with Crippen molar-refractivity contribution in [1.29, 1.82) is 0 Å². The van der Waals surface area contributed by atoms with E-state index in [0.717, 1.165) is 11.4 Å². The van der Waals surface area contributed by atoms with Crippen LogP contribution in [0.2, 0.25) is 10.0 Å². The van der Waals surface area contributed by atoms with Crippen LogP contribution in [0.1, 0.15) is 17.0 Å². The van der Waals surface area contributed by atoms with Crippen LogP contribution in [0.25, 0.3) is 6.08 Å². The van der Waals surface area contributed by atoms with Crippen molar-refractivity contribution in [2.24, 2.45) is 7.05 Å². The lowest BCUT2D eigenvalue weighted by Gasteiger charge is -2.06. The normalized spacial score (nSPS) is 10.9. The molecule has 2 aromatic rings. The maximum atomic E-state index is 12.0. The summed E-state index contributed by atoms with van der Waals surface area (Å²) in [5.41, 5.74) is 2.88. The van der Waals surface area contributed by atoms with E-state index in [1.165, 1.54) is 6.08 Å². The van der Waals surface area contributed by atoms with Crippen molar-refractivity contribution in [2.75, 3.05) is 11.9 Å². The maximum Gasteiger partial charge on any atom is 0.244 e. The van der Waals surface area contributed by atoms with E-state index in [4.69, 9.17) is 23.2 Å². The Hall–Kier alpha value is -2.31. The molecule has 0 aliphatic heterocycles. The van der Waals surface area contributed by atoms with Gasteiger partial charge in [0, 0.05) is 23.2 Å². The van der Waals surface area contributed by atoms with E-state index < -0.39 is 5.91 Å². The molecule has 0 radical (unpaired) electrons. The molecule has 1 aromatic heterocycles. The van der Waals surface area contributed by atoms with Gasteiger partial charge in [0.2, 0.25) is 11.8 Å². The molecule has 1 aromatic carbocycles. The zero-order valence-corrected chi connectivity index (χ0v) is 15.6. The minimum absolute atomic E-state index is 0.148. The van der Waals surface area contributed by atoms with Crippen molar-refractivity contribution in [1.82, 2.24) is 15.1 Å². The third kappa shape index (κ3) is 5.08. The van der Waals surface area contributed by atoms with E-state index >= 15 is 0 Å². The quantitative estimate of drug-likeness (QED) is 0.782. The topological polar surface area (TPSA) is 76.0 Å². The van der Waals surface area contributed by atoms with Gasteiger partial charge in [-0.05, 0) is 37.6 Å². The van der Waals surface area contributed by atoms with Crippen molar-refractivity contribution >= 4 is 46.8 Å². The van der Waals surface area contributed by atoms with Gasteiger partial charge in [0.1, 0.15) is 0 Å². The first kappa shape index (κ1) is 19.0. The number of hydrogen-bond donors (Lipinski definition) is 2. The largest absolute Gasteiger partial charge is 0.343 e. The standard InChI is InChI=1S/C17H18Cl2N4O2/c1-10-17(11(2)23(3)22-10)21-16(25)9-20-15(24)7-5-12-4-6-13(18)8-14(12)19/h4-8H,9H2,1-3H3,(H,20,24)(H,21,25)/b7-5+. The Morgan fingerprint density at radius 2 is 2.00 bits per heavy atom. The molecule has 2 amide bonds. The van der Waals surface area contributed by atoms with E-state index in [1.807, 2.05) is 6.92 Å². The minimum atomic E-state index is -0.402. The Morgan fingerprint density at radius 1 is 1.28 bits per heavy atom. The van der Waals surface area contributed by atoms with Crippen LogP contribution in [-0.2, 0) is 16.6 Å². The first-order valence-corrected chi connectivity index (χ1v) is 8.24. The molecule has 2 rings (SSSR count). The van der Waals surface area contributed by atoms with Crippen LogP contribution in [0.15, 0.2) is 24.3 Å². The fraction of sp³-hybridized carbons (Fsp3) is 0.235. The second-order valence-electron chi connectivity index (χ2n) is 5.43. The molecular formula is C17H18Cl2N4O2. The van der Waals surface area contributed by atoms with Crippen LogP contribution in [0.5, 0.6) is 0 Å². The van der Waals surface area contributed by atoms with Crippen LogP contribution in [0.4, 0.5) is 5.69 Å². The fourth-order valence-electron chi connectivity index (χ4n) is 2.17. The zero-order chi connectivity index (χ0) is 18.6. The molecule has 25 heavy (non-hydrogen) atoms. The predicted octanol–water partition coefficient (Wildman–Crippen LogP) is 3.11. The van der Waals surface area contributed by atoms with Gasteiger partial charge in [-0.3, -0.25) is 14.3 Å². The molecule has 1 heterocycles. The Morgan fingerprint density at radius 3 is 2.60 bits per heavy atom. The second-order valence-corrected chi connectivity index (χ2v) is 6.28. The Balaban J connectivity index is 1.89. The molecule has 0 saturated carbocycles. The number of halogens is 2. The van der Waals surface area contributed by atoms with Gasteiger partial charge in [0.05, 0.1) is 23.6 Å². The molecule has 0 aliphatic rings. The first-order chi connectivity index (χ1) is 11.8.